The number of phenolic OH excluding ortho intramolecular Hbond substituents is 1. The van der Waals surface area contributed by atoms with Gasteiger partial charge in [0.2, 0.25) is 23.6 Å². The van der Waals surface area contributed by atoms with E-state index < -0.39 is 29.1 Å². The Balaban J connectivity index is 1.54. The molecule has 4 aliphatic rings. The lowest BCUT2D eigenvalue weighted by Gasteiger charge is -2.49. The molecule has 0 aromatic heterocycles. The van der Waals surface area contributed by atoms with E-state index in [1.807, 2.05) is 44.2 Å². The number of phenols is 1. The van der Waals surface area contributed by atoms with Gasteiger partial charge in [-0.05, 0) is 56.2 Å². The van der Waals surface area contributed by atoms with Gasteiger partial charge in [0, 0.05) is 18.0 Å². The number of aromatic hydroxyl groups is 1. The van der Waals surface area contributed by atoms with Crippen molar-refractivity contribution in [3.05, 3.63) is 84.0 Å². The van der Waals surface area contributed by atoms with Crippen LogP contribution >= 0.6 is 0 Å². The van der Waals surface area contributed by atoms with Crippen LogP contribution in [0.25, 0.3) is 0 Å². The third-order valence-electron chi connectivity index (χ3n) is 9.65. The molecule has 0 radical (unpaired) electrons. The number of para-hydroxylation sites is 2. The fraction of sp³-hybridized carbons (Fsp3) is 0.394. The Morgan fingerprint density at radius 2 is 1.75 bits per heavy atom. The summed E-state index contributed by atoms with van der Waals surface area (Å²) in [4.78, 5) is 58.1. The molecule has 0 bridgehead atoms. The highest BCUT2D eigenvalue weighted by molar-refractivity contribution is 6.24. The molecule has 6 atom stereocenters. The molecule has 2 aromatic carbocycles. The fourth-order valence-corrected chi connectivity index (χ4v) is 7.86. The zero-order valence-corrected chi connectivity index (χ0v) is 22.9. The van der Waals surface area contributed by atoms with Crippen LogP contribution in [0.1, 0.15) is 50.2 Å². The predicted octanol–water partition coefficient (Wildman–Crippen LogP) is 4.76. The number of rotatable bonds is 6. The van der Waals surface area contributed by atoms with E-state index in [0.29, 0.717) is 49.0 Å². The number of benzene rings is 2. The van der Waals surface area contributed by atoms with Crippen molar-refractivity contribution in [2.45, 2.75) is 45.4 Å². The predicted molar refractivity (Wildman–Crippen MR) is 150 cm³/mol. The van der Waals surface area contributed by atoms with Crippen molar-refractivity contribution < 1.29 is 24.3 Å². The van der Waals surface area contributed by atoms with Gasteiger partial charge in [0.1, 0.15) is 5.75 Å². The molecule has 1 saturated carbocycles. The largest absolute Gasteiger partial charge is 0.507 e. The maximum absolute atomic E-state index is 14.4. The molecule has 0 unspecified atom stereocenters. The summed E-state index contributed by atoms with van der Waals surface area (Å²) in [5.74, 6) is -3.61. The maximum Gasteiger partial charge on any atom is 0.241 e. The Morgan fingerprint density at radius 1 is 1.00 bits per heavy atom. The summed E-state index contributed by atoms with van der Waals surface area (Å²) in [6.45, 7) is 7.96. The van der Waals surface area contributed by atoms with E-state index in [4.69, 9.17) is 0 Å². The SMILES string of the molecule is C=CCc1cccc([C@H]2C3=CC[C@@H]4C(=O)N(CCC)C(=O)[C@@H]4[C@@H]3C[C@H]3C(=O)N(c4ccccc4)C(=O)[C@@]23C)c1O. The second-order valence-electron chi connectivity index (χ2n) is 11.7. The second-order valence-corrected chi connectivity index (χ2v) is 11.7. The number of nitrogens with zero attached hydrogens (tertiary/aromatic N) is 2. The van der Waals surface area contributed by atoms with Gasteiger partial charge in [-0.3, -0.25) is 24.1 Å². The zero-order chi connectivity index (χ0) is 28.3. The van der Waals surface area contributed by atoms with Crippen LogP contribution in [0.2, 0.25) is 0 Å². The normalized spacial score (nSPS) is 31.1. The molecule has 7 nitrogen and oxygen atoms in total. The number of imide groups is 2. The monoisotopic (exact) mass is 538 g/mol. The summed E-state index contributed by atoms with van der Waals surface area (Å²) in [5.41, 5.74) is 1.46. The highest BCUT2D eigenvalue weighted by atomic mass is 16.3. The number of hydrogen-bond donors (Lipinski definition) is 1. The smallest absolute Gasteiger partial charge is 0.241 e. The van der Waals surface area contributed by atoms with Crippen molar-refractivity contribution in [3.8, 4) is 5.75 Å². The van der Waals surface area contributed by atoms with Gasteiger partial charge >= 0.3 is 0 Å². The molecule has 1 N–H and O–H groups in total. The number of fused-ring (bicyclic) bond motifs is 4. The summed E-state index contributed by atoms with van der Waals surface area (Å²) in [6, 6.07) is 14.4. The van der Waals surface area contributed by atoms with Crippen molar-refractivity contribution in [3.63, 3.8) is 0 Å². The Labute approximate surface area is 234 Å². The van der Waals surface area contributed by atoms with E-state index in [-0.39, 0.29) is 35.3 Å². The van der Waals surface area contributed by atoms with Crippen LogP contribution in [0, 0.1) is 29.1 Å². The molecular weight excluding hydrogens is 504 g/mol. The number of hydrogen-bond acceptors (Lipinski definition) is 5. The first kappa shape index (κ1) is 26.2. The van der Waals surface area contributed by atoms with Crippen LogP contribution < -0.4 is 4.90 Å². The van der Waals surface area contributed by atoms with Gasteiger partial charge in [-0.2, -0.15) is 0 Å². The lowest BCUT2D eigenvalue weighted by atomic mass is 9.51. The van der Waals surface area contributed by atoms with E-state index >= 15 is 0 Å². The average molecular weight is 539 g/mol. The lowest BCUT2D eigenvalue weighted by molar-refractivity contribution is -0.140. The van der Waals surface area contributed by atoms with E-state index in [9.17, 15) is 24.3 Å². The first-order valence-corrected chi connectivity index (χ1v) is 14.2. The van der Waals surface area contributed by atoms with Crippen LogP contribution in [0.3, 0.4) is 0 Å². The first-order chi connectivity index (χ1) is 19.2. The minimum Gasteiger partial charge on any atom is -0.507 e. The molecule has 4 amide bonds. The van der Waals surface area contributed by atoms with Gasteiger partial charge in [0.15, 0.2) is 0 Å². The first-order valence-electron chi connectivity index (χ1n) is 14.2. The van der Waals surface area contributed by atoms with Crippen LogP contribution in [-0.4, -0.2) is 40.2 Å². The van der Waals surface area contributed by atoms with Crippen LogP contribution in [0.5, 0.6) is 5.75 Å². The quantitative estimate of drug-likeness (QED) is 0.423. The Bertz CT molecular complexity index is 1460. The fourth-order valence-electron chi connectivity index (χ4n) is 7.86. The molecule has 206 valence electrons. The van der Waals surface area contributed by atoms with Crippen molar-refractivity contribution >= 4 is 29.3 Å². The maximum atomic E-state index is 14.4. The molecule has 2 aliphatic heterocycles. The Kier molecular flexibility index (Phi) is 6.28. The third kappa shape index (κ3) is 3.49. The van der Waals surface area contributed by atoms with Gasteiger partial charge in [-0.15, -0.1) is 6.58 Å². The number of amides is 4. The number of carbonyl (C=O) groups is 4. The number of anilines is 1. The highest BCUT2D eigenvalue weighted by Gasteiger charge is 2.67. The molecular formula is C33H34N2O5. The summed E-state index contributed by atoms with van der Waals surface area (Å²) < 4.78 is 0. The van der Waals surface area contributed by atoms with Gasteiger partial charge in [0.05, 0.1) is 28.9 Å². The number of likely N-dealkylation sites (tertiary alicyclic amines) is 1. The van der Waals surface area contributed by atoms with Crippen molar-refractivity contribution in [2.24, 2.45) is 29.1 Å². The van der Waals surface area contributed by atoms with Gasteiger partial charge in [0.25, 0.3) is 0 Å². The minimum atomic E-state index is -1.18. The Morgan fingerprint density at radius 3 is 2.45 bits per heavy atom. The summed E-state index contributed by atoms with van der Waals surface area (Å²) in [6.07, 6.45) is 5.55. The lowest BCUT2D eigenvalue weighted by Crippen LogP contribution is -2.49. The van der Waals surface area contributed by atoms with Crippen LogP contribution in [-0.2, 0) is 25.6 Å². The van der Waals surface area contributed by atoms with Gasteiger partial charge in [-0.25, -0.2) is 4.90 Å². The molecule has 7 heteroatoms. The summed E-state index contributed by atoms with van der Waals surface area (Å²) >= 11 is 0. The molecule has 2 aliphatic carbocycles. The van der Waals surface area contributed by atoms with E-state index in [1.54, 1.807) is 30.3 Å². The molecule has 2 aromatic rings. The summed E-state index contributed by atoms with van der Waals surface area (Å²) in [5, 5.41) is 11.5. The van der Waals surface area contributed by atoms with Gasteiger partial charge < -0.3 is 5.11 Å². The number of carbonyl (C=O) groups excluding carboxylic acids is 4. The van der Waals surface area contributed by atoms with Crippen molar-refractivity contribution in [1.29, 1.82) is 0 Å². The van der Waals surface area contributed by atoms with E-state index in [1.165, 1.54) is 9.80 Å². The second kappa shape index (κ2) is 9.58. The van der Waals surface area contributed by atoms with Crippen molar-refractivity contribution in [2.75, 3.05) is 11.4 Å². The highest BCUT2D eigenvalue weighted by Crippen LogP contribution is 2.64. The molecule has 2 saturated heterocycles. The van der Waals surface area contributed by atoms with Crippen molar-refractivity contribution in [1.82, 2.24) is 4.90 Å². The molecule has 40 heavy (non-hydrogen) atoms. The van der Waals surface area contributed by atoms with Crippen LogP contribution in [0.15, 0.2) is 72.8 Å². The summed E-state index contributed by atoms with van der Waals surface area (Å²) in [7, 11) is 0. The molecule has 6 rings (SSSR count). The minimum absolute atomic E-state index is 0.0795. The van der Waals surface area contributed by atoms with Crippen LogP contribution in [0.4, 0.5) is 5.69 Å². The van der Waals surface area contributed by atoms with Gasteiger partial charge in [-0.1, -0.05) is 61.0 Å². The Hall–Kier alpha value is -4.00. The molecule has 2 heterocycles. The molecule has 0 spiro atoms. The topological polar surface area (TPSA) is 95.0 Å². The number of allylic oxidation sites excluding steroid dienone is 3. The van der Waals surface area contributed by atoms with E-state index in [2.05, 4.69) is 6.58 Å². The molecule has 3 fully saturated rings. The standard InChI is InChI=1S/C33H34N2O5/c1-4-10-19-11-9-14-23(28(19)36)27-21-15-16-22-26(31(39)34(17-5-2)29(22)37)24(21)18-25-30(38)35(32(40)33(25,27)3)20-12-7-6-8-13-20/h4,6-9,11-15,22,24-27,36H,1,5,10,16-18H2,2-3H3/t22-,24+,25-,26-,27+,33+/m0/s1. The third-order valence-corrected chi connectivity index (χ3v) is 9.65. The average Bonchev–Trinajstić information content (AvgIpc) is 3.31. The zero-order valence-electron chi connectivity index (χ0n) is 22.9. The van der Waals surface area contributed by atoms with E-state index in [0.717, 1.165) is 5.57 Å².